The summed E-state index contributed by atoms with van der Waals surface area (Å²) in [6.45, 7) is 2.43. The maximum Gasteiger partial charge on any atom is 0.234 e. The van der Waals surface area contributed by atoms with E-state index in [9.17, 15) is 13.2 Å². The Balaban J connectivity index is 1.50. The molecule has 1 fully saturated rings. The van der Waals surface area contributed by atoms with Crippen LogP contribution < -0.4 is 5.32 Å². The van der Waals surface area contributed by atoms with Crippen LogP contribution in [0.5, 0.6) is 0 Å². The van der Waals surface area contributed by atoms with Crippen molar-refractivity contribution in [2.75, 3.05) is 25.1 Å². The highest BCUT2D eigenvalue weighted by Gasteiger charge is 2.31. The second kappa shape index (κ2) is 6.17. The number of carbonyl (C=O) groups is 1. The van der Waals surface area contributed by atoms with Crippen LogP contribution in [0.2, 0.25) is 0 Å². The molecule has 0 aliphatic carbocycles. The third kappa shape index (κ3) is 3.88. The molecule has 126 valence electrons. The van der Waals surface area contributed by atoms with Gasteiger partial charge in [-0.2, -0.15) is 5.10 Å². The second-order valence-electron chi connectivity index (χ2n) is 5.83. The number of aromatic nitrogens is 3. The van der Waals surface area contributed by atoms with Crippen LogP contribution in [0, 0.1) is 6.92 Å². The van der Waals surface area contributed by atoms with Crippen molar-refractivity contribution in [3.05, 3.63) is 16.9 Å². The zero-order chi connectivity index (χ0) is 16.6. The number of imidazole rings is 1. The predicted molar refractivity (Wildman–Crippen MR) is 87.1 cm³/mol. The number of likely N-dealkylation sites (N-methyl/N-ethyl adjacent to an activating group) is 1. The summed E-state index contributed by atoms with van der Waals surface area (Å²) in [5.41, 5.74) is 0.753. The molecular formula is C13H19N5O3S2. The van der Waals surface area contributed by atoms with Crippen molar-refractivity contribution in [1.82, 2.24) is 24.8 Å². The van der Waals surface area contributed by atoms with Crippen molar-refractivity contribution in [1.29, 1.82) is 0 Å². The van der Waals surface area contributed by atoms with E-state index in [1.807, 2.05) is 6.92 Å². The number of carbonyl (C=O) groups excluding carboxylic acids is 1. The Hall–Kier alpha value is -1.52. The van der Waals surface area contributed by atoms with Crippen LogP contribution in [0.1, 0.15) is 17.1 Å². The van der Waals surface area contributed by atoms with Crippen molar-refractivity contribution in [3.63, 3.8) is 0 Å². The second-order valence-corrected chi connectivity index (χ2v) is 9.22. The normalized spacial score (nSPS) is 20.4. The van der Waals surface area contributed by atoms with Crippen LogP contribution >= 0.6 is 11.3 Å². The van der Waals surface area contributed by atoms with Crippen molar-refractivity contribution >= 4 is 32.0 Å². The lowest BCUT2D eigenvalue weighted by Gasteiger charge is -2.22. The van der Waals surface area contributed by atoms with Crippen LogP contribution in [-0.2, 0) is 21.2 Å². The van der Waals surface area contributed by atoms with Crippen LogP contribution in [0.25, 0.3) is 4.96 Å². The fraction of sp³-hybridized carbons (Fsp3) is 0.615. The van der Waals surface area contributed by atoms with Gasteiger partial charge < -0.3 is 5.32 Å². The lowest BCUT2D eigenvalue weighted by Crippen LogP contribution is -2.41. The fourth-order valence-corrected chi connectivity index (χ4v) is 5.20. The molecule has 23 heavy (non-hydrogen) atoms. The van der Waals surface area contributed by atoms with Gasteiger partial charge in [0.1, 0.15) is 5.01 Å². The average molecular weight is 357 g/mol. The number of nitrogens with zero attached hydrogens (tertiary/aromatic N) is 4. The van der Waals surface area contributed by atoms with Gasteiger partial charge in [-0.15, -0.1) is 0 Å². The van der Waals surface area contributed by atoms with Crippen molar-refractivity contribution < 1.29 is 13.2 Å². The van der Waals surface area contributed by atoms with Gasteiger partial charge in [-0.3, -0.25) is 9.69 Å². The molecule has 0 aromatic carbocycles. The molecule has 1 atom stereocenters. The van der Waals surface area contributed by atoms with E-state index in [1.54, 1.807) is 22.7 Å². The molecule has 1 aliphatic heterocycles. The number of hydrogen-bond donors (Lipinski definition) is 1. The van der Waals surface area contributed by atoms with Gasteiger partial charge in [-0.25, -0.2) is 17.9 Å². The maximum absolute atomic E-state index is 12.0. The molecule has 10 heteroatoms. The Kier molecular flexibility index (Phi) is 4.39. The molecule has 0 saturated carbocycles. The SMILES string of the molecule is Cc1nn2cc(CNC(=O)CN(C)[C@@H]3CCS(=O)(=O)C3)nc2s1. The summed E-state index contributed by atoms with van der Waals surface area (Å²) in [5, 5.41) is 8.02. The highest BCUT2D eigenvalue weighted by Crippen LogP contribution is 2.16. The number of amides is 1. The van der Waals surface area contributed by atoms with Gasteiger partial charge in [0, 0.05) is 6.04 Å². The van der Waals surface area contributed by atoms with E-state index >= 15 is 0 Å². The molecule has 1 N–H and O–H groups in total. The largest absolute Gasteiger partial charge is 0.349 e. The molecule has 1 saturated heterocycles. The van der Waals surface area contributed by atoms with E-state index < -0.39 is 9.84 Å². The van der Waals surface area contributed by atoms with E-state index in [1.165, 1.54) is 11.3 Å². The summed E-state index contributed by atoms with van der Waals surface area (Å²) in [4.78, 5) is 19.0. The summed E-state index contributed by atoms with van der Waals surface area (Å²) in [6, 6.07) is -0.0733. The molecule has 2 aromatic heterocycles. The van der Waals surface area contributed by atoms with Crippen LogP contribution in [-0.4, -0.2) is 65.0 Å². The van der Waals surface area contributed by atoms with E-state index in [2.05, 4.69) is 15.4 Å². The van der Waals surface area contributed by atoms with Crippen molar-refractivity contribution in [2.24, 2.45) is 0 Å². The van der Waals surface area contributed by atoms with E-state index in [0.717, 1.165) is 15.7 Å². The molecule has 0 unspecified atom stereocenters. The zero-order valence-corrected chi connectivity index (χ0v) is 14.7. The fourth-order valence-electron chi connectivity index (χ4n) is 2.65. The molecule has 0 radical (unpaired) electrons. The first-order valence-corrected chi connectivity index (χ1v) is 9.95. The molecule has 3 rings (SSSR count). The van der Waals surface area contributed by atoms with E-state index in [4.69, 9.17) is 0 Å². The number of hydrogen-bond acceptors (Lipinski definition) is 7. The van der Waals surface area contributed by atoms with Gasteiger partial charge >= 0.3 is 0 Å². The minimum absolute atomic E-state index is 0.0733. The molecular weight excluding hydrogens is 338 g/mol. The average Bonchev–Trinajstić information content (AvgIpc) is 3.08. The van der Waals surface area contributed by atoms with Gasteiger partial charge in [0.15, 0.2) is 9.84 Å². The Morgan fingerprint density at radius 2 is 2.35 bits per heavy atom. The highest BCUT2D eigenvalue weighted by atomic mass is 32.2. The number of aryl methyl sites for hydroxylation is 1. The monoisotopic (exact) mass is 357 g/mol. The number of nitrogens with one attached hydrogen (secondary N) is 1. The standard InChI is InChI=1S/C13H19N5O3S2/c1-9-16-18-6-10(15-13(18)22-9)5-14-12(19)7-17(2)11-3-4-23(20,21)8-11/h6,11H,3-5,7-8H2,1-2H3,(H,14,19)/t11-/m1/s1. The molecule has 0 spiro atoms. The maximum atomic E-state index is 12.0. The number of sulfone groups is 1. The molecule has 8 nitrogen and oxygen atoms in total. The Bertz CT molecular complexity index is 794. The summed E-state index contributed by atoms with van der Waals surface area (Å²) < 4.78 is 24.7. The first-order valence-electron chi connectivity index (χ1n) is 7.31. The van der Waals surface area contributed by atoms with Gasteiger partial charge in [0.2, 0.25) is 10.9 Å². The lowest BCUT2D eigenvalue weighted by atomic mass is 10.2. The zero-order valence-electron chi connectivity index (χ0n) is 13.0. The Morgan fingerprint density at radius 1 is 1.57 bits per heavy atom. The van der Waals surface area contributed by atoms with Gasteiger partial charge in [0.05, 0.1) is 36.5 Å². The smallest absolute Gasteiger partial charge is 0.234 e. The number of fused-ring (bicyclic) bond motifs is 1. The van der Waals surface area contributed by atoms with Gasteiger partial charge in [-0.1, -0.05) is 11.3 Å². The summed E-state index contributed by atoms with van der Waals surface area (Å²) >= 11 is 1.50. The van der Waals surface area contributed by atoms with E-state index in [0.29, 0.717) is 13.0 Å². The first kappa shape index (κ1) is 16.3. The third-order valence-corrected chi connectivity index (χ3v) is 6.47. The summed E-state index contributed by atoms with van der Waals surface area (Å²) in [7, 11) is -1.15. The van der Waals surface area contributed by atoms with Crippen LogP contribution in [0.15, 0.2) is 6.20 Å². The molecule has 1 amide bonds. The summed E-state index contributed by atoms with van der Waals surface area (Å²) in [6.07, 6.45) is 2.39. The van der Waals surface area contributed by atoms with Crippen molar-refractivity contribution in [2.45, 2.75) is 25.9 Å². The third-order valence-electron chi connectivity index (χ3n) is 3.89. The molecule has 1 aliphatic rings. The van der Waals surface area contributed by atoms with Crippen molar-refractivity contribution in [3.8, 4) is 0 Å². The van der Waals surface area contributed by atoms with Crippen LogP contribution in [0.3, 0.4) is 0 Å². The molecule has 0 bridgehead atoms. The van der Waals surface area contributed by atoms with Crippen LogP contribution in [0.4, 0.5) is 0 Å². The predicted octanol–water partition coefficient (Wildman–Crippen LogP) is -0.166. The molecule has 3 heterocycles. The topological polar surface area (TPSA) is 96.7 Å². The first-order chi connectivity index (χ1) is 10.8. The minimum atomic E-state index is -2.94. The Labute approximate surface area is 138 Å². The minimum Gasteiger partial charge on any atom is -0.349 e. The highest BCUT2D eigenvalue weighted by molar-refractivity contribution is 7.91. The summed E-state index contributed by atoms with van der Waals surface area (Å²) in [5.74, 6) is 0.206. The Morgan fingerprint density at radius 3 is 3.00 bits per heavy atom. The van der Waals surface area contributed by atoms with E-state index in [-0.39, 0.29) is 30.0 Å². The van der Waals surface area contributed by atoms with Gasteiger partial charge in [0.25, 0.3) is 0 Å². The quantitative estimate of drug-likeness (QED) is 0.798. The molecule has 2 aromatic rings. The van der Waals surface area contributed by atoms with Gasteiger partial charge in [-0.05, 0) is 20.4 Å². The lowest BCUT2D eigenvalue weighted by molar-refractivity contribution is -0.122. The number of rotatable bonds is 5.